The molecule has 1 aromatic rings. The molecule has 0 aliphatic heterocycles. The summed E-state index contributed by atoms with van der Waals surface area (Å²) in [6.45, 7) is 0. The molecule has 0 radical (unpaired) electrons. The van der Waals surface area contributed by atoms with Crippen LogP contribution in [0.1, 0.15) is 11.6 Å². The van der Waals surface area contributed by atoms with Crippen LogP contribution in [0.4, 0.5) is 0 Å². The summed E-state index contributed by atoms with van der Waals surface area (Å²) in [6.07, 6.45) is 0. The van der Waals surface area contributed by atoms with Crippen molar-refractivity contribution >= 4 is 5.97 Å². The van der Waals surface area contributed by atoms with Gasteiger partial charge in [-0.15, -0.1) is 0 Å². The van der Waals surface area contributed by atoms with Crippen LogP contribution in [0.5, 0.6) is 5.75 Å². The number of rotatable bonds is 2. The third-order valence-electron chi connectivity index (χ3n) is 1.60. The van der Waals surface area contributed by atoms with Gasteiger partial charge in [-0.3, -0.25) is 4.89 Å². The molecule has 70 valence electrons. The predicted octanol–water partition coefficient (Wildman–Crippen LogP) is 0.408. The number of benzene rings is 1. The summed E-state index contributed by atoms with van der Waals surface area (Å²) >= 11 is 0. The Hall–Kier alpha value is -1.59. The molecule has 0 heterocycles. The number of nitrogens with two attached hydrogens (primary N) is 1. The molecule has 13 heavy (non-hydrogen) atoms. The van der Waals surface area contributed by atoms with Crippen LogP contribution in [-0.4, -0.2) is 16.3 Å². The summed E-state index contributed by atoms with van der Waals surface area (Å²) in [5, 5.41) is 17.0. The van der Waals surface area contributed by atoms with Crippen molar-refractivity contribution in [1.29, 1.82) is 0 Å². The Bertz CT molecular complexity index is 296. The summed E-state index contributed by atoms with van der Waals surface area (Å²) in [7, 11) is 0. The molecule has 5 nitrogen and oxygen atoms in total. The van der Waals surface area contributed by atoms with Crippen LogP contribution in [0.2, 0.25) is 0 Å². The summed E-state index contributed by atoms with van der Waals surface area (Å²) < 4.78 is 0. The van der Waals surface area contributed by atoms with Gasteiger partial charge in [-0.1, -0.05) is 12.1 Å². The SMILES string of the molecule is N[C@@H](C(=O)OO)c1ccc(O)cc1. The van der Waals surface area contributed by atoms with Crippen molar-refractivity contribution in [3.05, 3.63) is 29.8 Å². The first-order valence-electron chi connectivity index (χ1n) is 3.55. The molecule has 0 unspecified atom stereocenters. The number of phenolic OH excluding ortho intramolecular Hbond substituents is 1. The van der Waals surface area contributed by atoms with Gasteiger partial charge < -0.3 is 10.8 Å². The Labute approximate surface area is 74.3 Å². The van der Waals surface area contributed by atoms with Crippen LogP contribution >= 0.6 is 0 Å². The zero-order chi connectivity index (χ0) is 9.84. The number of carbonyl (C=O) groups is 1. The standard InChI is InChI=1S/C8H9NO4/c9-7(8(11)13-12)5-1-3-6(10)4-2-5/h1-4,7,10,12H,9H2/t7-/m1/s1. The van der Waals surface area contributed by atoms with E-state index in [1.165, 1.54) is 24.3 Å². The summed E-state index contributed by atoms with van der Waals surface area (Å²) in [5.74, 6) is -0.862. The van der Waals surface area contributed by atoms with Gasteiger partial charge in [-0.05, 0) is 17.7 Å². The average Bonchev–Trinajstić information content (AvgIpc) is 2.17. The van der Waals surface area contributed by atoms with E-state index in [0.29, 0.717) is 5.56 Å². The van der Waals surface area contributed by atoms with Crippen molar-refractivity contribution in [2.75, 3.05) is 0 Å². The van der Waals surface area contributed by atoms with Gasteiger partial charge in [0.1, 0.15) is 11.8 Å². The maximum absolute atomic E-state index is 10.7. The van der Waals surface area contributed by atoms with Crippen LogP contribution < -0.4 is 5.73 Å². The maximum atomic E-state index is 10.7. The molecule has 0 spiro atoms. The third kappa shape index (κ3) is 2.17. The van der Waals surface area contributed by atoms with Crippen molar-refractivity contribution in [1.82, 2.24) is 0 Å². The van der Waals surface area contributed by atoms with Gasteiger partial charge in [-0.2, -0.15) is 5.26 Å². The van der Waals surface area contributed by atoms with Gasteiger partial charge in [0.2, 0.25) is 0 Å². The quantitative estimate of drug-likeness (QED) is 0.456. The molecular weight excluding hydrogens is 174 g/mol. The zero-order valence-corrected chi connectivity index (χ0v) is 6.68. The number of carbonyl (C=O) groups excluding carboxylic acids is 1. The zero-order valence-electron chi connectivity index (χ0n) is 6.68. The minimum Gasteiger partial charge on any atom is -0.508 e. The Kier molecular flexibility index (Phi) is 2.84. The Morgan fingerprint density at radius 2 is 1.92 bits per heavy atom. The Morgan fingerprint density at radius 1 is 1.38 bits per heavy atom. The molecule has 0 saturated carbocycles. The maximum Gasteiger partial charge on any atom is 0.363 e. The normalized spacial score (nSPS) is 12.2. The lowest BCUT2D eigenvalue weighted by molar-refractivity contribution is -0.236. The Balaban J connectivity index is 2.83. The fourth-order valence-corrected chi connectivity index (χ4v) is 0.875. The smallest absolute Gasteiger partial charge is 0.363 e. The molecule has 1 atom stereocenters. The number of hydrogen-bond acceptors (Lipinski definition) is 5. The molecule has 5 heteroatoms. The van der Waals surface area contributed by atoms with Crippen LogP contribution in [-0.2, 0) is 9.68 Å². The van der Waals surface area contributed by atoms with Gasteiger partial charge in [0, 0.05) is 0 Å². The second kappa shape index (κ2) is 3.88. The minimum absolute atomic E-state index is 0.0771. The van der Waals surface area contributed by atoms with Crippen LogP contribution in [0, 0.1) is 0 Å². The molecule has 0 aliphatic rings. The van der Waals surface area contributed by atoms with Gasteiger partial charge in [0.25, 0.3) is 0 Å². The van der Waals surface area contributed by atoms with E-state index in [1.807, 2.05) is 0 Å². The van der Waals surface area contributed by atoms with E-state index >= 15 is 0 Å². The molecule has 0 amide bonds. The molecule has 0 fully saturated rings. The number of hydrogen-bond donors (Lipinski definition) is 3. The molecule has 0 bridgehead atoms. The third-order valence-corrected chi connectivity index (χ3v) is 1.60. The van der Waals surface area contributed by atoms with Gasteiger partial charge in [0.05, 0.1) is 0 Å². The molecular formula is C8H9NO4. The lowest BCUT2D eigenvalue weighted by Gasteiger charge is -2.07. The van der Waals surface area contributed by atoms with Gasteiger partial charge in [-0.25, -0.2) is 4.79 Å². The van der Waals surface area contributed by atoms with E-state index in [1.54, 1.807) is 0 Å². The topological polar surface area (TPSA) is 92.8 Å². The van der Waals surface area contributed by atoms with E-state index in [9.17, 15) is 4.79 Å². The van der Waals surface area contributed by atoms with E-state index < -0.39 is 12.0 Å². The Morgan fingerprint density at radius 3 is 2.38 bits per heavy atom. The first-order chi connectivity index (χ1) is 6.15. The highest BCUT2D eigenvalue weighted by atomic mass is 17.1. The van der Waals surface area contributed by atoms with Crippen molar-refractivity contribution in [2.45, 2.75) is 6.04 Å². The highest BCUT2D eigenvalue weighted by Gasteiger charge is 2.16. The fourth-order valence-electron chi connectivity index (χ4n) is 0.875. The van der Waals surface area contributed by atoms with Crippen molar-refractivity contribution in [3.63, 3.8) is 0 Å². The summed E-state index contributed by atoms with van der Waals surface area (Å²) in [5.41, 5.74) is 5.84. The lowest BCUT2D eigenvalue weighted by atomic mass is 10.1. The highest BCUT2D eigenvalue weighted by Crippen LogP contribution is 2.15. The number of aromatic hydroxyl groups is 1. The second-order valence-electron chi connectivity index (χ2n) is 2.48. The van der Waals surface area contributed by atoms with Crippen molar-refractivity contribution in [3.8, 4) is 5.75 Å². The van der Waals surface area contributed by atoms with Crippen molar-refractivity contribution in [2.24, 2.45) is 5.73 Å². The fraction of sp³-hybridized carbons (Fsp3) is 0.125. The molecule has 1 rings (SSSR count). The minimum atomic E-state index is -1.04. The summed E-state index contributed by atoms with van der Waals surface area (Å²) in [4.78, 5) is 14.2. The molecule has 1 aromatic carbocycles. The van der Waals surface area contributed by atoms with Crippen LogP contribution in [0.15, 0.2) is 24.3 Å². The molecule has 0 aromatic heterocycles. The molecule has 0 aliphatic carbocycles. The van der Waals surface area contributed by atoms with E-state index in [2.05, 4.69) is 4.89 Å². The lowest BCUT2D eigenvalue weighted by Crippen LogP contribution is -2.22. The van der Waals surface area contributed by atoms with E-state index in [4.69, 9.17) is 16.1 Å². The van der Waals surface area contributed by atoms with Crippen LogP contribution in [0.3, 0.4) is 0 Å². The van der Waals surface area contributed by atoms with Crippen molar-refractivity contribution < 1.29 is 20.0 Å². The first kappa shape index (κ1) is 9.50. The van der Waals surface area contributed by atoms with Crippen LogP contribution in [0.25, 0.3) is 0 Å². The van der Waals surface area contributed by atoms with E-state index in [0.717, 1.165) is 0 Å². The first-order valence-corrected chi connectivity index (χ1v) is 3.55. The summed E-state index contributed by atoms with van der Waals surface area (Å²) in [6, 6.07) is 4.68. The van der Waals surface area contributed by atoms with Gasteiger partial charge in [0.15, 0.2) is 0 Å². The monoisotopic (exact) mass is 183 g/mol. The average molecular weight is 183 g/mol. The predicted molar refractivity (Wildman–Crippen MR) is 43.8 cm³/mol. The van der Waals surface area contributed by atoms with E-state index in [-0.39, 0.29) is 5.75 Å². The van der Waals surface area contributed by atoms with Gasteiger partial charge >= 0.3 is 5.97 Å². The molecule has 4 N–H and O–H groups in total. The second-order valence-corrected chi connectivity index (χ2v) is 2.48. The highest BCUT2D eigenvalue weighted by molar-refractivity contribution is 5.76. The largest absolute Gasteiger partial charge is 0.508 e. The molecule has 0 saturated heterocycles. The number of phenols is 1.